The van der Waals surface area contributed by atoms with Crippen LogP contribution >= 0.6 is 0 Å². The zero-order chi connectivity index (χ0) is 22.9. The second kappa shape index (κ2) is 11.1. The number of carbonyl (C=O) groups is 3. The summed E-state index contributed by atoms with van der Waals surface area (Å²) >= 11 is 0. The fourth-order valence-corrected chi connectivity index (χ4v) is 3.02. The highest BCUT2D eigenvalue weighted by Gasteiger charge is 2.21. The minimum atomic E-state index is -0.376. The van der Waals surface area contributed by atoms with Gasteiger partial charge in [0.25, 0.3) is 0 Å². The van der Waals surface area contributed by atoms with Crippen LogP contribution in [0.4, 0.5) is 5.82 Å². The number of fused-ring (bicyclic) bond motifs is 1. The van der Waals surface area contributed by atoms with Gasteiger partial charge in [-0.15, -0.1) is 0 Å². The number of hydrogen-bond donors (Lipinski definition) is 2. The number of hydrogen-bond acceptors (Lipinski definition) is 8. The zero-order valence-corrected chi connectivity index (χ0v) is 18.0. The van der Waals surface area contributed by atoms with Gasteiger partial charge in [0.1, 0.15) is 5.76 Å². The van der Waals surface area contributed by atoms with Crippen LogP contribution < -0.4 is 20.1 Å². The van der Waals surface area contributed by atoms with E-state index in [2.05, 4.69) is 15.8 Å². The number of ether oxygens (including phenoxy) is 3. The number of aromatic nitrogens is 1. The number of carbonyl (C=O) groups excluding carboxylic acids is 3. The molecule has 11 heteroatoms. The summed E-state index contributed by atoms with van der Waals surface area (Å²) < 4.78 is 20.5. The first-order valence-corrected chi connectivity index (χ1v) is 10.1. The summed E-state index contributed by atoms with van der Waals surface area (Å²) in [5.41, 5.74) is 0.773. The van der Waals surface area contributed by atoms with Gasteiger partial charge in [-0.25, -0.2) is 0 Å². The molecule has 2 aromatic rings. The van der Waals surface area contributed by atoms with Gasteiger partial charge in [0.2, 0.25) is 24.5 Å². The maximum Gasteiger partial charge on any atom is 0.239 e. The van der Waals surface area contributed by atoms with Gasteiger partial charge >= 0.3 is 0 Å². The Morgan fingerprint density at radius 3 is 2.69 bits per heavy atom. The third kappa shape index (κ3) is 6.71. The lowest BCUT2D eigenvalue weighted by atomic mass is 10.1. The van der Waals surface area contributed by atoms with Crippen LogP contribution in [0, 0.1) is 6.92 Å². The number of rotatable bonds is 11. The summed E-state index contributed by atoms with van der Waals surface area (Å²) in [6.07, 6.45) is -0.133. The molecule has 0 spiro atoms. The highest BCUT2D eigenvalue weighted by atomic mass is 16.7. The van der Waals surface area contributed by atoms with E-state index in [0.717, 1.165) is 5.56 Å². The first-order valence-electron chi connectivity index (χ1n) is 10.1. The molecule has 0 bridgehead atoms. The maximum atomic E-state index is 12.9. The Hall–Kier alpha value is -3.60. The Balaban J connectivity index is 1.60. The van der Waals surface area contributed by atoms with E-state index in [-0.39, 0.29) is 56.3 Å². The maximum absolute atomic E-state index is 12.9. The second-order valence-electron chi connectivity index (χ2n) is 7.15. The number of methoxy groups -OCH3 is 1. The smallest absolute Gasteiger partial charge is 0.239 e. The van der Waals surface area contributed by atoms with E-state index in [9.17, 15) is 14.4 Å². The summed E-state index contributed by atoms with van der Waals surface area (Å²) in [6.45, 7) is 2.57. The second-order valence-corrected chi connectivity index (χ2v) is 7.15. The molecule has 2 heterocycles. The third-order valence-corrected chi connectivity index (χ3v) is 4.59. The molecule has 3 rings (SSSR count). The third-order valence-electron chi connectivity index (χ3n) is 4.59. The van der Waals surface area contributed by atoms with E-state index in [1.165, 1.54) is 12.0 Å². The number of nitrogens with zero attached hydrogens (tertiary/aromatic N) is 2. The zero-order valence-electron chi connectivity index (χ0n) is 18.0. The molecule has 11 nitrogen and oxygen atoms in total. The fourth-order valence-electron chi connectivity index (χ4n) is 3.02. The van der Waals surface area contributed by atoms with Crippen molar-refractivity contribution in [2.45, 2.75) is 26.3 Å². The van der Waals surface area contributed by atoms with E-state index >= 15 is 0 Å². The molecule has 1 aliphatic rings. The molecular formula is C21H26N4O7. The molecule has 1 aliphatic heterocycles. The van der Waals surface area contributed by atoms with Gasteiger partial charge in [-0.3, -0.25) is 14.4 Å². The Morgan fingerprint density at radius 1 is 1.12 bits per heavy atom. The van der Waals surface area contributed by atoms with Crippen molar-refractivity contribution in [2.75, 3.05) is 38.9 Å². The summed E-state index contributed by atoms with van der Waals surface area (Å²) in [7, 11) is 1.53. The number of aryl methyl sites for hydroxylation is 1. The molecule has 0 saturated heterocycles. The van der Waals surface area contributed by atoms with Crippen LogP contribution in [0.2, 0.25) is 0 Å². The van der Waals surface area contributed by atoms with Gasteiger partial charge in [-0.2, -0.15) is 0 Å². The highest BCUT2D eigenvalue weighted by molar-refractivity contribution is 5.93. The van der Waals surface area contributed by atoms with Gasteiger partial charge < -0.3 is 34.3 Å². The Labute approximate surface area is 185 Å². The van der Waals surface area contributed by atoms with Gasteiger partial charge in [-0.05, 0) is 24.6 Å². The molecule has 0 atom stereocenters. The monoisotopic (exact) mass is 446 g/mol. The number of anilines is 1. The van der Waals surface area contributed by atoms with Crippen LogP contribution in [-0.4, -0.2) is 61.4 Å². The highest BCUT2D eigenvalue weighted by Crippen LogP contribution is 2.32. The number of benzene rings is 1. The minimum absolute atomic E-state index is 0.0618. The summed E-state index contributed by atoms with van der Waals surface area (Å²) in [4.78, 5) is 38.7. The standard InChI is InChI=1S/C21H26N4O7/c1-14-9-18(24-32-14)23-19(26)5-6-21(28)25(12-20(27)22-7-8-29-2)11-15-3-4-16-17(10-15)31-13-30-16/h3-4,9-10H,5-8,11-13H2,1-2H3,(H,22,27)(H,23,24,26). The van der Waals surface area contributed by atoms with Crippen molar-refractivity contribution in [3.05, 3.63) is 35.6 Å². The van der Waals surface area contributed by atoms with E-state index in [4.69, 9.17) is 18.7 Å². The van der Waals surface area contributed by atoms with Gasteiger partial charge in [-0.1, -0.05) is 11.2 Å². The predicted molar refractivity (Wildman–Crippen MR) is 112 cm³/mol. The van der Waals surface area contributed by atoms with Crippen molar-refractivity contribution >= 4 is 23.5 Å². The molecule has 0 unspecified atom stereocenters. The van der Waals surface area contributed by atoms with Crippen LogP contribution in [0.1, 0.15) is 24.2 Å². The molecule has 172 valence electrons. The average Bonchev–Trinajstić information content (AvgIpc) is 3.40. The molecule has 1 aromatic heterocycles. The molecule has 0 radical (unpaired) electrons. The fraction of sp³-hybridized carbons (Fsp3) is 0.429. The normalized spacial score (nSPS) is 11.8. The van der Waals surface area contributed by atoms with Crippen molar-refractivity contribution in [2.24, 2.45) is 0 Å². The van der Waals surface area contributed by atoms with E-state index in [1.54, 1.807) is 31.2 Å². The number of nitrogens with one attached hydrogen (secondary N) is 2. The minimum Gasteiger partial charge on any atom is -0.454 e. The van der Waals surface area contributed by atoms with Crippen molar-refractivity contribution in [3.8, 4) is 11.5 Å². The summed E-state index contributed by atoms with van der Waals surface area (Å²) in [6, 6.07) is 6.91. The largest absolute Gasteiger partial charge is 0.454 e. The van der Waals surface area contributed by atoms with E-state index in [1.807, 2.05) is 0 Å². The molecule has 0 aliphatic carbocycles. The Kier molecular flexibility index (Phi) is 8.03. The molecule has 2 N–H and O–H groups in total. The van der Waals surface area contributed by atoms with Crippen LogP contribution in [-0.2, 0) is 25.7 Å². The first kappa shape index (κ1) is 23.1. The molecular weight excluding hydrogens is 420 g/mol. The van der Waals surface area contributed by atoms with Crippen molar-refractivity contribution < 1.29 is 33.1 Å². The molecule has 3 amide bonds. The molecule has 1 aromatic carbocycles. The van der Waals surface area contributed by atoms with E-state index < -0.39 is 0 Å². The van der Waals surface area contributed by atoms with Gasteiger partial charge in [0.15, 0.2) is 17.3 Å². The molecule has 0 fully saturated rings. The SMILES string of the molecule is COCCNC(=O)CN(Cc1ccc2c(c1)OCO2)C(=O)CCC(=O)Nc1cc(C)on1. The lowest BCUT2D eigenvalue weighted by Gasteiger charge is -2.22. The molecule has 32 heavy (non-hydrogen) atoms. The summed E-state index contributed by atoms with van der Waals surface area (Å²) in [5, 5.41) is 8.96. The summed E-state index contributed by atoms with van der Waals surface area (Å²) in [5.74, 6) is 1.03. The average molecular weight is 446 g/mol. The van der Waals surface area contributed by atoms with E-state index in [0.29, 0.717) is 30.4 Å². The van der Waals surface area contributed by atoms with Gasteiger partial charge in [0, 0.05) is 39.1 Å². The van der Waals surface area contributed by atoms with Crippen LogP contribution in [0.5, 0.6) is 11.5 Å². The van der Waals surface area contributed by atoms with Crippen molar-refractivity contribution in [1.82, 2.24) is 15.4 Å². The van der Waals surface area contributed by atoms with Crippen LogP contribution in [0.3, 0.4) is 0 Å². The van der Waals surface area contributed by atoms with Crippen LogP contribution in [0.25, 0.3) is 0 Å². The Bertz CT molecular complexity index is 959. The number of amides is 3. The van der Waals surface area contributed by atoms with Crippen molar-refractivity contribution in [3.63, 3.8) is 0 Å². The first-order chi connectivity index (χ1) is 15.4. The molecule has 0 saturated carbocycles. The van der Waals surface area contributed by atoms with Gasteiger partial charge in [0.05, 0.1) is 13.2 Å². The quantitative estimate of drug-likeness (QED) is 0.493. The lowest BCUT2D eigenvalue weighted by Crippen LogP contribution is -2.41. The topological polar surface area (TPSA) is 132 Å². The van der Waals surface area contributed by atoms with Crippen molar-refractivity contribution in [1.29, 1.82) is 0 Å². The predicted octanol–water partition coefficient (Wildman–Crippen LogP) is 1.22. The Morgan fingerprint density at radius 2 is 1.94 bits per heavy atom. The van der Waals surface area contributed by atoms with Crippen LogP contribution in [0.15, 0.2) is 28.8 Å². The lowest BCUT2D eigenvalue weighted by molar-refractivity contribution is -0.137.